The Kier molecular flexibility index (Phi) is 3.19. The van der Waals surface area contributed by atoms with Crippen LogP contribution in [0.15, 0.2) is 30.8 Å². The molecule has 0 radical (unpaired) electrons. The molecule has 0 amide bonds. The Hall–Kier alpha value is -1.16. The third-order valence-corrected chi connectivity index (χ3v) is 2.32. The molecule has 1 rings (SSSR count). The molecule has 0 unspecified atom stereocenters. The summed E-state index contributed by atoms with van der Waals surface area (Å²) in [5.74, 6) is 0. The van der Waals surface area contributed by atoms with Gasteiger partial charge in [0.05, 0.1) is 4.92 Å². The van der Waals surface area contributed by atoms with Crippen LogP contribution in [0.1, 0.15) is 5.56 Å². The molecule has 3 nitrogen and oxygen atoms in total. The van der Waals surface area contributed by atoms with Gasteiger partial charge in [-0.3, -0.25) is 10.1 Å². The molecule has 1 aromatic carbocycles. The van der Waals surface area contributed by atoms with Crippen molar-refractivity contribution in [3.63, 3.8) is 0 Å². The minimum absolute atomic E-state index is 0.103. The number of halogens is 1. The Morgan fingerprint density at radius 1 is 1.46 bits per heavy atom. The molecule has 0 N–H and O–H groups in total. The Labute approximate surface area is 84.4 Å². The summed E-state index contributed by atoms with van der Waals surface area (Å²) in [7, 11) is 0. The number of nitro groups is 1. The number of hydrogen-bond acceptors (Lipinski definition) is 2. The molecular weight excluding hydrogens is 234 g/mol. The largest absolute Gasteiger partial charge is 0.269 e. The van der Waals surface area contributed by atoms with Crippen molar-refractivity contribution in [1.29, 1.82) is 0 Å². The summed E-state index contributed by atoms with van der Waals surface area (Å²) >= 11 is 3.27. The van der Waals surface area contributed by atoms with E-state index in [0.29, 0.717) is 5.33 Å². The summed E-state index contributed by atoms with van der Waals surface area (Å²) in [6, 6.07) is 6.34. The molecule has 0 saturated heterocycles. The Bertz CT molecular complexity index is 332. The maximum absolute atomic E-state index is 10.3. The molecule has 0 atom stereocenters. The van der Waals surface area contributed by atoms with E-state index in [0.717, 1.165) is 11.1 Å². The molecular formula is C9H8BrNO2. The third-order valence-electron chi connectivity index (χ3n) is 1.65. The number of rotatable bonds is 3. The molecule has 0 aliphatic heterocycles. The average molecular weight is 242 g/mol. The highest BCUT2D eigenvalue weighted by Gasteiger charge is 2.04. The predicted octanol–water partition coefficient (Wildman–Crippen LogP) is 3.00. The summed E-state index contributed by atoms with van der Waals surface area (Å²) in [6.45, 7) is 3.80. The van der Waals surface area contributed by atoms with Crippen molar-refractivity contribution in [2.45, 2.75) is 0 Å². The highest BCUT2D eigenvalue weighted by molar-refractivity contribution is 9.09. The second-order valence-electron chi connectivity index (χ2n) is 2.54. The summed E-state index contributed by atoms with van der Waals surface area (Å²) in [5, 5.41) is 11.0. The minimum atomic E-state index is -0.416. The summed E-state index contributed by atoms with van der Waals surface area (Å²) in [5.41, 5.74) is 1.93. The van der Waals surface area contributed by atoms with Crippen LogP contribution in [0.3, 0.4) is 0 Å². The lowest BCUT2D eigenvalue weighted by atomic mass is 10.1. The maximum atomic E-state index is 10.3. The molecule has 68 valence electrons. The van der Waals surface area contributed by atoms with E-state index < -0.39 is 4.92 Å². The van der Waals surface area contributed by atoms with Gasteiger partial charge < -0.3 is 0 Å². The van der Waals surface area contributed by atoms with E-state index in [1.54, 1.807) is 12.1 Å². The van der Waals surface area contributed by atoms with E-state index in [1.807, 2.05) is 0 Å². The highest BCUT2D eigenvalue weighted by Crippen LogP contribution is 2.18. The smallest absolute Gasteiger partial charge is 0.258 e. The van der Waals surface area contributed by atoms with Gasteiger partial charge in [-0.15, -0.1) is 0 Å². The van der Waals surface area contributed by atoms with E-state index in [2.05, 4.69) is 22.5 Å². The Morgan fingerprint density at radius 3 is 2.38 bits per heavy atom. The second kappa shape index (κ2) is 4.18. The Morgan fingerprint density at radius 2 is 2.00 bits per heavy atom. The number of alkyl halides is 1. The van der Waals surface area contributed by atoms with Gasteiger partial charge in [-0.25, -0.2) is 0 Å². The first-order valence-corrected chi connectivity index (χ1v) is 4.76. The van der Waals surface area contributed by atoms with Crippen molar-refractivity contribution in [3.05, 3.63) is 46.5 Å². The maximum Gasteiger partial charge on any atom is 0.269 e. The van der Waals surface area contributed by atoms with Gasteiger partial charge in [-0.2, -0.15) is 0 Å². The van der Waals surface area contributed by atoms with Gasteiger partial charge in [-0.05, 0) is 23.3 Å². The molecule has 4 heteroatoms. The molecule has 0 aliphatic rings. The average Bonchev–Trinajstić information content (AvgIpc) is 2.17. The lowest BCUT2D eigenvalue weighted by Crippen LogP contribution is -1.88. The van der Waals surface area contributed by atoms with Gasteiger partial charge >= 0.3 is 0 Å². The van der Waals surface area contributed by atoms with Crippen molar-refractivity contribution < 1.29 is 4.92 Å². The normalized spacial score (nSPS) is 9.62. The molecule has 1 aromatic rings. The minimum Gasteiger partial charge on any atom is -0.258 e. The van der Waals surface area contributed by atoms with Crippen LogP contribution in [0.25, 0.3) is 5.57 Å². The van der Waals surface area contributed by atoms with Crippen LogP contribution < -0.4 is 0 Å². The fourth-order valence-corrected chi connectivity index (χ4v) is 1.22. The summed E-state index contributed by atoms with van der Waals surface area (Å²) in [6.07, 6.45) is 0. The molecule has 13 heavy (non-hydrogen) atoms. The van der Waals surface area contributed by atoms with Crippen LogP contribution in [0.2, 0.25) is 0 Å². The van der Waals surface area contributed by atoms with Crippen LogP contribution >= 0.6 is 15.9 Å². The summed E-state index contributed by atoms with van der Waals surface area (Å²) < 4.78 is 0. The molecule has 0 spiro atoms. The molecule has 0 heterocycles. The zero-order valence-electron chi connectivity index (χ0n) is 6.87. The summed E-state index contributed by atoms with van der Waals surface area (Å²) in [4.78, 5) is 9.91. The fraction of sp³-hybridized carbons (Fsp3) is 0.111. The van der Waals surface area contributed by atoms with Gasteiger partial charge in [0.1, 0.15) is 0 Å². The van der Waals surface area contributed by atoms with E-state index in [4.69, 9.17) is 0 Å². The molecule has 0 bridgehead atoms. The van der Waals surface area contributed by atoms with E-state index >= 15 is 0 Å². The third kappa shape index (κ3) is 2.39. The van der Waals surface area contributed by atoms with Gasteiger partial charge in [-0.1, -0.05) is 22.5 Å². The van der Waals surface area contributed by atoms with Crippen molar-refractivity contribution in [3.8, 4) is 0 Å². The van der Waals surface area contributed by atoms with Crippen molar-refractivity contribution in [2.75, 3.05) is 5.33 Å². The lowest BCUT2D eigenvalue weighted by molar-refractivity contribution is -0.384. The number of allylic oxidation sites excluding steroid dienone is 1. The second-order valence-corrected chi connectivity index (χ2v) is 3.10. The fourth-order valence-electron chi connectivity index (χ4n) is 0.896. The zero-order chi connectivity index (χ0) is 9.84. The SMILES string of the molecule is C=C(CBr)c1ccc([N+](=O)[O-])cc1. The van der Waals surface area contributed by atoms with Crippen LogP contribution in [-0.4, -0.2) is 10.3 Å². The monoisotopic (exact) mass is 241 g/mol. The van der Waals surface area contributed by atoms with Crippen LogP contribution in [-0.2, 0) is 0 Å². The van der Waals surface area contributed by atoms with Gasteiger partial charge in [0.15, 0.2) is 0 Å². The van der Waals surface area contributed by atoms with Gasteiger partial charge in [0.25, 0.3) is 5.69 Å². The van der Waals surface area contributed by atoms with Crippen molar-refractivity contribution >= 4 is 27.2 Å². The van der Waals surface area contributed by atoms with Gasteiger partial charge in [0, 0.05) is 17.5 Å². The first-order chi connectivity index (χ1) is 6.15. The number of non-ortho nitro benzene ring substituents is 1. The topological polar surface area (TPSA) is 43.1 Å². The van der Waals surface area contributed by atoms with E-state index in [9.17, 15) is 10.1 Å². The van der Waals surface area contributed by atoms with E-state index in [1.165, 1.54) is 12.1 Å². The van der Waals surface area contributed by atoms with Gasteiger partial charge in [0.2, 0.25) is 0 Å². The quantitative estimate of drug-likeness (QED) is 0.464. The van der Waals surface area contributed by atoms with Crippen LogP contribution in [0.4, 0.5) is 5.69 Å². The van der Waals surface area contributed by atoms with E-state index in [-0.39, 0.29) is 5.69 Å². The number of hydrogen-bond donors (Lipinski definition) is 0. The van der Waals surface area contributed by atoms with Crippen LogP contribution in [0.5, 0.6) is 0 Å². The zero-order valence-corrected chi connectivity index (χ0v) is 8.45. The molecule has 0 aromatic heterocycles. The van der Waals surface area contributed by atoms with Crippen LogP contribution in [0, 0.1) is 10.1 Å². The molecule has 0 aliphatic carbocycles. The Balaban J connectivity index is 2.93. The first-order valence-electron chi connectivity index (χ1n) is 3.63. The number of benzene rings is 1. The highest BCUT2D eigenvalue weighted by atomic mass is 79.9. The predicted molar refractivity (Wildman–Crippen MR) is 55.9 cm³/mol. The molecule has 0 saturated carbocycles. The number of nitrogens with zero attached hydrogens (tertiary/aromatic N) is 1. The molecule has 0 fully saturated rings. The first kappa shape index (κ1) is 9.92. The lowest BCUT2D eigenvalue weighted by Gasteiger charge is -1.99. The van der Waals surface area contributed by atoms with Crippen molar-refractivity contribution in [1.82, 2.24) is 0 Å². The standard InChI is InChI=1S/C9H8BrNO2/c1-7(6-10)8-2-4-9(5-3-8)11(12)13/h2-5H,1,6H2. The van der Waals surface area contributed by atoms with Crippen molar-refractivity contribution in [2.24, 2.45) is 0 Å². The number of nitro benzene ring substituents is 1.